The Bertz CT molecular complexity index is 395. The summed E-state index contributed by atoms with van der Waals surface area (Å²) in [6.45, 7) is 5.24. The molecule has 18 heavy (non-hydrogen) atoms. The van der Waals surface area contributed by atoms with Gasteiger partial charge in [0.1, 0.15) is 0 Å². The van der Waals surface area contributed by atoms with E-state index in [0.717, 1.165) is 12.5 Å². The third kappa shape index (κ3) is 4.37. The van der Waals surface area contributed by atoms with E-state index < -0.39 is 0 Å². The van der Waals surface area contributed by atoms with Gasteiger partial charge in [-0.15, -0.1) is 11.8 Å². The molecule has 1 aliphatic carbocycles. The normalized spacial score (nSPS) is 14.8. The van der Waals surface area contributed by atoms with Gasteiger partial charge in [0.25, 0.3) is 0 Å². The van der Waals surface area contributed by atoms with Crippen LogP contribution in [0.25, 0.3) is 0 Å². The first-order chi connectivity index (χ1) is 8.65. The van der Waals surface area contributed by atoms with Crippen molar-refractivity contribution in [1.29, 1.82) is 0 Å². The molecule has 0 saturated heterocycles. The molecule has 0 aromatic heterocycles. The second kappa shape index (κ2) is 6.28. The van der Waals surface area contributed by atoms with E-state index in [-0.39, 0.29) is 5.91 Å². The summed E-state index contributed by atoms with van der Waals surface area (Å²) in [5, 5.41) is 2.98. The highest BCUT2D eigenvalue weighted by Crippen LogP contribution is 2.27. The fraction of sp³-hybridized carbons (Fsp3) is 0.533. The molecule has 1 saturated carbocycles. The highest BCUT2D eigenvalue weighted by molar-refractivity contribution is 8.00. The molecule has 1 N–H and O–H groups in total. The van der Waals surface area contributed by atoms with Crippen molar-refractivity contribution >= 4 is 17.7 Å². The molecule has 98 valence electrons. The van der Waals surface area contributed by atoms with Crippen LogP contribution in [0.2, 0.25) is 0 Å². The fourth-order valence-electron chi connectivity index (χ4n) is 1.73. The van der Waals surface area contributed by atoms with E-state index in [2.05, 4.69) is 43.4 Å². The van der Waals surface area contributed by atoms with Gasteiger partial charge in [0, 0.05) is 11.4 Å². The van der Waals surface area contributed by atoms with Crippen LogP contribution in [-0.4, -0.2) is 18.2 Å². The van der Waals surface area contributed by atoms with E-state index >= 15 is 0 Å². The maximum atomic E-state index is 11.6. The molecule has 3 heteroatoms. The van der Waals surface area contributed by atoms with Crippen molar-refractivity contribution in [2.45, 2.75) is 37.5 Å². The molecule has 2 nitrogen and oxygen atoms in total. The molecule has 1 amide bonds. The second-order valence-electron chi connectivity index (χ2n) is 5.26. The molecule has 1 aliphatic rings. The van der Waals surface area contributed by atoms with Crippen LogP contribution in [0.4, 0.5) is 0 Å². The van der Waals surface area contributed by atoms with E-state index in [1.165, 1.54) is 23.3 Å². The number of benzene rings is 1. The smallest absolute Gasteiger partial charge is 0.230 e. The van der Waals surface area contributed by atoms with E-state index in [1.807, 2.05) is 0 Å². The minimum atomic E-state index is 0.153. The Hall–Kier alpha value is -0.960. The quantitative estimate of drug-likeness (QED) is 0.797. The van der Waals surface area contributed by atoms with Gasteiger partial charge < -0.3 is 5.32 Å². The van der Waals surface area contributed by atoms with E-state index in [4.69, 9.17) is 0 Å². The Morgan fingerprint density at radius 3 is 2.56 bits per heavy atom. The molecule has 0 radical (unpaired) electrons. The van der Waals surface area contributed by atoms with Crippen molar-refractivity contribution in [2.24, 2.45) is 5.92 Å². The van der Waals surface area contributed by atoms with E-state index in [0.29, 0.717) is 11.7 Å². The number of thioether (sulfide) groups is 1. The predicted molar refractivity (Wildman–Crippen MR) is 77.0 cm³/mol. The SMILES string of the molecule is CC(C)c1ccc(SCC(=O)NCC2CC2)cc1. The molecule has 1 fully saturated rings. The topological polar surface area (TPSA) is 29.1 Å². The fourth-order valence-corrected chi connectivity index (χ4v) is 2.46. The second-order valence-corrected chi connectivity index (χ2v) is 6.31. The van der Waals surface area contributed by atoms with Crippen LogP contribution in [-0.2, 0) is 4.79 Å². The van der Waals surface area contributed by atoms with Gasteiger partial charge in [0.05, 0.1) is 5.75 Å². The van der Waals surface area contributed by atoms with Crippen LogP contribution in [0.3, 0.4) is 0 Å². The maximum absolute atomic E-state index is 11.6. The third-order valence-electron chi connectivity index (χ3n) is 3.20. The predicted octanol–water partition coefficient (Wildman–Crippen LogP) is 3.43. The number of nitrogens with one attached hydrogen (secondary N) is 1. The molecular formula is C15H21NOS. The first-order valence-corrected chi connectivity index (χ1v) is 7.63. The van der Waals surface area contributed by atoms with Gasteiger partial charge in [0.15, 0.2) is 0 Å². The lowest BCUT2D eigenvalue weighted by molar-refractivity contribution is -0.118. The average Bonchev–Trinajstić information content (AvgIpc) is 3.18. The van der Waals surface area contributed by atoms with Crippen LogP contribution in [0, 0.1) is 5.92 Å². The summed E-state index contributed by atoms with van der Waals surface area (Å²) < 4.78 is 0. The van der Waals surface area contributed by atoms with Crippen molar-refractivity contribution in [1.82, 2.24) is 5.32 Å². The Morgan fingerprint density at radius 1 is 1.33 bits per heavy atom. The minimum absolute atomic E-state index is 0.153. The monoisotopic (exact) mass is 263 g/mol. The number of hydrogen-bond donors (Lipinski definition) is 1. The zero-order chi connectivity index (χ0) is 13.0. The maximum Gasteiger partial charge on any atom is 0.230 e. The minimum Gasteiger partial charge on any atom is -0.355 e. The van der Waals surface area contributed by atoms with E-state index in [9.17, 15) is 4.79 Å². The Labute approximate surface area is 114 Å². The van der Waals surface area contributed by atoms with Crippen molar-refractivity contribution in [3.05, 3.63) is 29.8 Å². The summed E-state index contributed by atoms with van der Waals surface area (Å²) in [7, 11) is 0. The third-order valence-corrected chi connectivity index (χ3v) is 4.21. The highest BCUT2D eigenvalue weighted by atomic mass is 32.2. The van der Waals surface area contributed by atoms with Gasteiger partial charge in [-0.05, 0) is 42.4 Å². The van der Waals surface area contributed by atoms with Crippen LogP contribution in [0.15, 0.2) is 29.2 Å². The lowest BCUT2D eigenvalue weighted by Gasteiger charge is -2.07. The Kier molecular flexibility index (Phi) is 4.70. The van der Waals surface area contributed by atoms with Gasteiger partial charge in [-0.3, -0.25) is 4.79 Å². The average molecular weight is 263 g/mol. The zero-order valence-corrected chi connectivity index (χ0v) is 11.9. The number of carbonyl (C=O) groups is 1. The molecule has 1 aromatic rings. The lowest BCUT2D eigenvalue weighted by Crippen LogP contribution is -2.27. The number of rotatable bonds is 6. The summed E-state index contributed by atoms with van der Waals surface area (Å²) in [6.07, 6.45) is 2.56. The van der Waals surface area contributed by atoms with Gasteiger partial charge in [0.2, 0.25) is 5.91 Å². The zero-order valence-electron chi connectivity index (χ0n) is 11.1. The number of carbonyl (C=O) groups excluding carboxylic acids is 1. The number of amides is 1. The van der Waals surface area contributed by atoms with Gasteiger partial charge >= 0.3 is 0 Å². The van der Waals surface area contributed by atoms with Crippen molar-refractivity contribution in [3.63, 3.8) is 0 Å². The first kappa shape index (κ1) is 13.5. The molecule has 0 atom stereocenters. The Balaban J connectivity index is 1.73. The van der Waals surface area contributed by atoms with Gasteiger partial charge in [-0.2, -0.15) is 0 Å². The van der Waals surface area contributed by atoms with Crippen molar-refractivity contribution < 1.29 is 4.79 Å². The molecule has 0 spiro atoms. The number of hydrogen-bond acceptors (Lipinski definition) is 2. The molecule has 1 aromatic carbocycles. The Morgan fingerprint density at radius 2 is 2.00 bits per heavy atom. The largest absolute Gasteiger partial charge is 0.355 e. The summed E-state index contributed by atoms with van der Waals surface area (Å²) >= 11 is 1.61. The summed E-state index contributed by atoms with van der Waals surface area (Å²) in [5.74, 6) is 1.99. The molecule has 2 rings (SSSR count). The molecule has 0 bridgehead atoms. The van der Waals surface area contributed by atoms with E-state index in [1.54, 1.807) is 11.8 Å². The molecular weight excluding hydrogens is 242 g/mol. The standard InChI is InChI=1S/C15H21NOS/c1-11(2)13-5-7-14(8-6-13)18-10-15(17)16-9-12-3-4-12/h5-8,11-12H,3-4,9-10H2,1-2H3,(H,16,17). The van der Waals surface area contributed by atoms with Crippen LogP contribution < -0.4 is 5.32 Å². The molecule has 0 aliphatic heterocycles. The van der Waals surface area contributed by atoms with Gasteiger partial charge in [-0.1, -0.05) is 26.0 Å². The summed E-state index contributed by atoms with van der Waals surface area (Å²) in [6, 6.07) is 8.51. The molecule has 0 heterocycles. The highest BCUT2D eigenvalue weighted by Gasteiger charge is 2.21. The van der Waals surface area contributed by atoms with Crippen LogP contribution >= 0.6 is 11.8 Å². The summed E-state index contributed by atoms with van der Waals surface area (Å²) in [4.78, 5) is 12.8. The van der Waals surface area contributed by atoms with Gasteiger partial charge in [-0.25, -0.2) is 0 Å². The summed E-state index contributed by atoms with van der Waals surface area (Å²) in [5.41, 5.74) is 1.34. The lowest BCUT2D eigenvalue weighted by atomic mass is 10.0. The van der Waals surface area contributed by atoms with Crippen molar-refractivity contribution in [3.8, 4) is 0 Å². The van der Waals surface area contributed by atoms with Crippen LogP contribution in [0.1, 0.15) is 38.2 Å². The first-order valence-electron chi connectivity index (χ1n) is 6.64. The van der Waals surface area contributed by atoms with Crippen LogP contribution in [0.5, 0.6) is 0 Å². The van der Waals surface area contributed by atoms with Crippen molar-refractivity contribution in [2.75, 3.05) is 12.3 Å². The molecule has 0 unspecified atom stereocenters.